The van der Waals surface area contributed by atoms with Crippen molar-refractivity contribution in [2.24, 2.45) is 10.8 Å². The van der Waals surface area contributed by atoms with Crippen LogP contribution in [0.2, 0.25) is 0 Å². The first-order chi connectivity index (χ1) is 19.6. The van der Waals surface area contributed by atoms with Crippen LogP contribution in [-0.2, 0) is 9.59 Å². The van der Waals surface area contributed by atoms with Gasteiger partial charge in [0.25, 0.3) is 0 Å². The summed E-state index contributed by atoms with van der Waals surface area (Å²) in [6.07, 6.45) is 32.4. The largest absolute Gasteiger partial charge is 0.295 e. The first-order valence-electron chi connectivity index (χ1n) is 15.2. The number of allylic oxidation sites excluding steroid dienone is 22. The van der Waals surface area contributed by atoms with Gasteiger partial charge in [-0.2, -0.15) is 0 Å². The van der Waals surface area contributed by atoms with Crippen molar-refractivity contribution in [3.63, 3.8) is 0 Å². The predicted octanol–water partition coefficient (Wildman–Crippen LogP) is 11.0. The second-order valence-electron chi connectivity index (χ2n) is 13.1. The Morgan fingerprint density at radius 1 is 0.524 bits per heavy atom. The molecule has 0 aromatic rings. The summed E-state index contributed by atoms with van der Waals surface area (Å²) in [5.74, 6) is 0.542. The molecule has 42 heavy (non-hydrogen) atoms. The number of Topliss-reactive ketones (excluding diaryl/α,β-unsaturated/α-hetero) is 2. The van der Waals surface area contributed by atoms with Crippen molar-refractivity contribution in [2.45, 2.75) is 94.9 Å². The Bertz CT molecular complexity index is 1270. The highest BCUT2D eigenvalue weighted by atomic mass is 16.1. The lowest BCUT2D eigenvalue weighted by Gasteiger charge is -2.32. The van der Waals surface area contributed by atoms with E-state index >= 15 is 0 Å². The number of rotatable bonds is 10. The van der Waals surface area contributed by atoms with Crippen LogP contribution in [-0.4, -0.2) is 11.6 Å². The second-order valence-corrected chi connectivity index (χ2v) is 13.1. The lowest BCUT2D eigenvalue weighted by molar-refractivity contribution is -0.117. The Hall–Kier alpha value is -3.52. The molecule has 0 saturated heterocycles. The van der Waals surface area contributed by atoms with Crippen molar-refractivity contribution >= 4 is 11.6 Å². The maximum atomic E-state index is 12.2. The third kappa shape index (κ3) is 10.7. The van der Waals surface area contributed by atoms with Crippen molar-refractivity contribution in [1.29, 1.82) is 0 Å². The van der Waals surface area contributed by atoms with E-state index in [0.29, 0.717) is 12.8 Å². The van der Waals surface area contributed by atoms with Gasteiger partial charge in [-0.3, -0.25) is 9.59 Å². The molecule has 0 fully saturated rings. The van der Waals surface area contributed by atoms with Gasteiger partial charge in [0.15, 0.2) is 11.6 Å². The van der Waals surface area contributed by atoms with Crippen LogP contribution in [0, 0.1) is 10.8 Å². The van der Waals surface area contributed by atoms with Crippen LogP contribution >= 0.6 is 0 Å². The lowest BCUT2D eigenvalue weighted by atomic mass is 9.72. The Labute approximate surface area is 256 Å². The molecule has 2 heteroatoms. The molecular weight excluding hydrogens is 512 g/mol. The van der Waals surface area contributed by atoms with Crippen LogP contribution < -0.4 is 0 Å². The van der Waals surface area contributed by atoms with Crippen LogP contribution in [0.5, 0.6) is 0 Å². The van der Waals surface area contributed by atoms with Gasteiger partial charge in [0.2, 0.25) is 0 Å². The normalized spacial score (nSPS) is 21.6. The molecular formula is C40H52O2. The van der Waals surface area contributed by atoms with Gasteiger partial charge in [0.1, 0.15) is 0 Å². The van der Waals surface area contributed by atoms with E-state index in [1.54, 1.807) is 0 Å². The van der Waals surface area contributed by atoms with Crippen molar-refractivity contribution in [2.75, 3.05) is 0 Å². The predicted molar refractivity (Wildman–Crippen MR) is 182 cm³/mol. The van der Waals surface area contributed by atoms with Crippen molar-refractivity contribution in [1.82, 2.24) is 0 Å². The van der Waals surface area contributed by atoms with Crippen LogP contribution in [0.3, 0.4) is 0 Å². The van der Waals surface area contributed by atoms with E-state index in [2.05, 4.69) is 140 Å². The third-order valence-corrected chi connectivity index (χ3v) is 8.35. The fourth-order valence-electron chi connectivity index (χ4n) is 5.28. The molecule has 224 valence electrons. The maximum Gasteiger partial charge on any atom is 0.158 e. The van der Waals surface area contributed by atoms with Crippen LogP contribution in [0.25, 0.3) is 0 Å². The monoisotopic (exact) mass is 564 g/mol. The van der Waals surface area contributed by atoms with Gasteiger partial charge in [0.05, 0.1) is 0 Å². The van der Waals surface area contributed by atoms with E-state index < -0.39 is 0 Å². The van der Waals surface area contributed by atoms with Crippen LogP contribution in [0.15, 0.2) is 130 Å². The molecule has 0 saturated carbocycles. The van der Waals surface area contributed by atoms with Crippen molar-refractivity contribution in [3.8, 4) is 0 Å². The molecule has 2 nitrogen and oxygen atoms in total. The number of carbonyl (C=O) groups excluding carboxylic acids is 2. The second kappa shape index (κ2) is 15.6. The quantitative estimate of drug-likeness (QED) is 0.247. The van der Waals surface area contributed by atoms with E-state index in [1.807, 2.05) is 13.8 Å². The summed E-state index contributed by atoms with van der Waals surface area (Å²) in [6, 6.07) is 0. The van der Waals surface area contributed by atoms with Crippen LogP contribution in [0.4, 0.5) is 0 Å². The van der Waals surface area contributed by atoms with Crippen molar-refractivity contribution < 1.29 is 9.59 Å². The Morgan fingerprint density at radius 2 is 0.833 bits per heavy atom. The van der Waals surface area contributed by atoms with Gasteiger partial charge in [-0.25, -0.2) is 0 Å². The minimum absolute atomic E-state index is 0.0404. The molecule has 0 N–H and O–H groups in total. The summed E-state index contributed by atoms with van der Waals surface area (Å²) in [4.78, 5) is 24.3. The zero-order chi connectivity index (χ0) is 31.5. The van der Waals surface area contributed by atoms with Gasteiger partial charge in [-0.1, -0.05) is 135 Å². The zero-order valence-corrected chi connectivity index (χ0v) is 27.7. The average molecular weight is 565 g/mol. The molecule has 0 heterocycles. The highest BCUT2D eigenvalue weighted by molar-refractivity contribution is 5.97. The highest BCUT2D eigenvalue weighted by Crippen LogP contribution is 2.40. The molecule has 0 bridgehead atoms. The number of hydrogen-bond donors (Lipinski definition) is 0. The summed E-state index contributed by atoms with van der Waals surface area (Å²) in [6.45, 7) is 21.1. The van der Waals surface area contributed by atoms with E-state index in [-0.39, 0.29) is 22.4 Å². The molecule has 0 spiro atoms. The molecule has 0 aromatic carbocycles. The minimum Gasteiger partial charge on any atom is -0.295 e. The summed E-state index contributed by atoms with van der Waals surface area (Å²) >= 11 is 0. The van der Waals surface area contributed by atoms with Gasteiger partial charge in [0, 0.05) is 12.8 Å². The lowest BCUT2D eigenvalue weighted by Crippen LogP contribution is -2.24. The molecule has 2 aliphatic carbocycles. The fourth-order valence-corrected chi connectivity index (χ4v) is 5.28. The molecule has 0 unspecified atom stereocenters. The molecule has 0 aromatic heterocycles. The first-order valence-corrected chi connectivity index (χ1v) is 15.2. The average Bonchev–Trinajstić information content (AvgIpc) is 2.91. The third-order valence-electron chi connectivity index (χ3n) is 8.35. The smallest absolute Gasteiger partial charge is 0.158 e. The van der Waals surface area contributed by atoms with Gasteiger partial charge in [-0.15, -0.1) is 0 Å². The Morgan fingerprint density at radius 3 is 1.19 bits per heavy atom. The minimum atomic E-state index is 0.0404. The topological polar surface area (TPSA) is 34.1 Å². The fraction of sp³-hybridized carbons (Fsp3) is 0.400. The maximum absolute atomic E-state index is 12.2. The SMILES string of the molecule is CC1=C(/C=C/C(C)=C\C=C\C(C)=C\C=C\C=C(C)\C=C\C=C(C)\C=C\C2=C(C)C(=O)CCC2(C)C)C(C)(C)CCC1=O. The Balaban J connectivity index is 1.93. The standard InChI is InChI=1S/C40H52O2/c1-29(17-13-19-31(3)21-23-35-33(5)37(41)25-27-39(35,7)8)15-11-12-16-30(2)18-14-20-32(4)22-24-36-34(6)38(42)26-28-40(36,9)10/h11-24H,25-28H2,1-10H3/b12-11+,17-13+,18-14+,23-21+,24-22+,29-15+,30-16+,31-19-,32-20+. The van der Waals surface area contributed by atoms with Crippen LogP contribution in [0.1, 0.15) is 94.9 Å². The van der Waals surface area contributed by atoms with E-state index in [1.165, 1.54) is 0 Å². The summed E-state index contributed by atoms with van der Waals surface area (Å²) in [5, 5.41) is 0. The van der Waals surface area contributed by atoms with E-state index in [0.717, 1.165) is 57.4 Å². The molecule has 2 aliphatic rings. The van der Waals surface area contributed by atoms with Gasteiger partial charge in [-0.05, 0) is 87.5 Å². The van der Waals surface area contributed by atoms with Gasteiger partial charge >= 0.3 is 0 Å². The number of ketones is 2. The summed E-state index contributed by atoms with van der Waals surface area (Å²) in [7, 11) is 0. The highest BCUT2D eigenvalue weighted by Gasteiger charge is 2.31. The zero-order valence-electron chi connectivity index (χ0n) is 27.7. The Kier molecular flexibility index (Phi) is 12.9. The molecule has 0 atom stereocenters. The van der Waals surface area contributed by atoms with E-state index in [9.17, 15) is 9.59 Å². The number of carbonyl (C=O) groups is 2. The summed E-state index contributed by atoms with van der Waals surface area (Å²) < 4.78 is 0. The van der Waals surface area contributed by atoms with Gasteiger partial charge < -0.3 is 0 Å². The molecule has 2 rings (SSSR count). The first kappa shape index (κ1) is 34.7. The number of hydrogen-bond acceptors (Lipinski definition) is 2. The molecule has 0 radical (unpaired) electrons. The molecule has 0 amide bonds. The molecule has 0 aliphatic heterocycles. The summed E-state index contributed by atoms with van der Waals surface area (Å²) in [5.41, 5.74) is 8.82. The van der Waals surface area contributed by atoms with E-state index in [4.69, 9.17) is 0 Å². The van der Waals surface area contributed by atoms with Crippen molar-refractivity contribution in [3.05, 3.63) is 130 Å².